The predicted octanol–water partition coefficient (Wildman–Crippen LogP) is 3.79. The molecule has 1 aromatic heterocycles. The predicted molar refractivity (Wildman–Crippen MR) is 74.2 cm³/mol. The first kappa shape index (κ1) is 12.8. The van der Waals surface area contributed by atoms with E-state index in [0.717, 1.165) is 28.6 Å². The van der Waals surface area contributed by atoms with Crippen LogP contribution in [0.5, 0.6) is 0 Å². The van der Waals surface area contributed by atoms with E-state index in [0.29, 0.717) is 6.04 Å². The zero-order valence-electron chi connectivity index (χ0n) is 10.5. The Morgan fingerprint density at radius 1 is 1.35 bits per heavy atom. The van der Waals surface area contributed by atoms with Gasteiger partial charge < -0.3 is 5.32 Å². The van der Waals surface area contributed by atoms with E-state index in [2.05, 4.69) is 45.1 Å². The normalized spacial score (nSPS) is 24.6. The number of aromatic nitrogens is 2. The largest absolute Gasteiger partial charge is 0.367 e. The Morgan fingerprint density at radius 2 is 2.12 bits per heavy atom. The molecule has 0 bridgehead atoms. The molecule has 1 aliphatic rings. The van der Waals surface area contributed by atoms with E-state index in [1.54, 1.807) is 0 Å². The number of aryl methyl sites for hydroxylation is 1. The standard InChI is InChI=1S/C13H20BrN3/c1-3-12-16-11(14)8-13(17-12)15-10-7-5-4-6-9(10)2/h8-10H,3-7H2,1-2H3,(H,15,16,17). The monoisotopic (exact) mass is 297 g/mol. The highest BCUT2D eigenvalue weighted by Gasteiger charge is 2.21. The average molecular weight is 298 g/mol. The van der Waals surface area contributed by atoms with E-state index in [4.69, 9.17) is 0 Å². The topological polar surface area (TPSA) is 37.8 Å². The number of anilines is 1. The SMILES string of the molecule is CCc1nc(Br)cc(NC2CCCCC2C)n1. The summed E-state index contributed by atoms with van der Waals surface area (Å²) in [4.78, 5) is 8.86. The van der Waals surface area contributed by atoms with Crippen LogP contribution in [-0.2, 0) is 6.42 Å². The van der Waals surface area contributed by atoms with Gasteiger partial charge in [-0.05, 0) is 34.7 Å². The number of hydrogen-bond acceptors (Lipinski definition) is 3. The summed E-state index contributed by atoms with van der Waals surface area (Å²) in [6.45, 7) is 4.41. The van der Waals surface area contributed by atoms with Crippen LogP contribution in [0.3, 0.4) is 0 Å². The Labute approximate surface area is 112 Å². The minimum atomic E-state index is 0.565. The van der Waals surface area contributed by atoms with E-state index in [-0.39, 0.29) is 0 Å². The van der Waals surface area contributed by atoms with Crippen LogP contribution in [0.1, 0.15) is 45.4 Å². The third kappa shape index (κ3) is 3.41. The van der Waals surface area contributed by atoms with Gasteiger partial charge in [0.1, 0.15) is 16.2 Å². The molecule has 1 N–H and O–H groups in total. The summed E-state index contributed by atoms with van der Waals surface area (Å²) in [5, 5.41) is 3.57. The minimum Gasteiger partial charge on any atom is -0.367 e. The first-order valence-corrected chi connectivity index (χ1v) is 7.28. The van der Waals surface area contributed by atoms with Crippen molar-refractivity contribution in [3.63, 3.8) is 0 Å². The molecule has 1 heterocycles. The van der Waals surface area contributed by atoms with Crippen molar-refractivity contribution < 1.29 is 0 Å². The lowest BCUT2D eigenvalue weighted by Gasteiger charge is -2.30. The molecule has 2 rings (SSSR count). The van der Waals surface area contributed by atoms with Gasteiger partial charge in [-0.15, -0.1) is 0 Å². The third-order valence-electron chi connectivity index (χ3n) is 3.50. The zero-order valence-corrected chi connectivity index (χ0v) is 12.1. The van der Waals surface area contributed by atoms with Gasteiger partial charge in [0.2, 0.25) is 0 Å². The lowest BCUT2D eigenvalue weighted by molar-refractivity contribution is 0.349. The molecular formula is C13H20BrN3. The fourth-order valence-electron chi connectivity index (χ4n) is 2.42. The maximum Gasteiger partial charge on any atom is 0.131 e. The molecule has 1 saturated carbocycles. The summed E-state index contributed by atoms with van der Waals surface area (Å²) in [7, 11) is 0. The molecule has 0 saturated heterocycles. The first-order chi connectivity index (χ1) is 8.19. The highest BCUT2D eigenvalue weighted by Crippen LogP contribution is 2.26. The first-order valence-electron chi connectivity index (χ1n) is 6.49. The van der Waals surface area contributed by atoms with Crippen molar-refractivity contribution in [3.05, 3.63) is 16.5 Å². The highest BCUT2D eigenvalue weighted by molar-refractivity contribution is 9.10. The summed E-state index contributed by atoms with van der Waals surface area (Å²) in [5.74, 6) is 2.59. The zero-order chi connectivity index (χ0) is 12.3. The third-order valence-corrected chi connectivity index (χ3v) is 3.91. The highest BCUT2D eigenvalue weighted by atomic mass is 79.9. The molecule has 0 amide bonds. The van der Waals surface area contributed by atoms with Gasteiger partial charge in [0.15, 0.2) is 0 Å². The summed E-state index contributed by atoms with van der Waals surface area (Å²) in [6.07, 6.45) is 6.14. The van der Waals surface area contributed by atoms with Gasteiger partial charge in [-0.3, -0.25) is 0 Å². The molecule has 2 unspecified atom stereocenters. The molecule has 0 aromatic carbocycles. The molecule has 17 heavy (non-hydrogen) atoms. The van der Waals surface area contributed by atoms with E-state index < -0.39 is 0 Å². The van der Waals surface area contributed by atoms with Gasteiger partial charge in [-0.1, -0.05) is 26.7 Å². The minimum absolute atomic E-state index is 0.565. The van der Waals surface area contributed by atoms with Crippen molar-refractivity contribution in [3.8, 4) is 0 Å². The van der Waals surface area contributed by atoms with Crippen LogP contribution in [0.2, 0.25) is 0 Å². The molecule has 3 nitrogen and oxygen atoms in total. The van der Waals surface area contributed by atoms with Crippen LogP contribution >= 0.6 is 15.9 Å². The molecule has 1 aromatic rings. The summed E-state index contributed by atoms with van der Waals surface area (Å²) < 4.78 is 0.871. The average Bonchev–Trinajstić information content (AvgIpc) is 2.31. The van der Waals surface area contributed by atoms with Crippen LogP contribution in [0.4, 0.5) is 5.82 Å². The maximum atomic E-state index is 4.53. The van der Waals surface area contributed by atoms with Crippen LogP contribution in [0.25, 0.3) is 0 Å². The van der Waals surface area contributed by atoms with Crippen LogP contribution < -0.4 is 5.32 Å². The van der Waals surface area contributed by atoms with Crippen LogP contribution in [-0.4, -0.2) is 16.0 Å². The second-order valence-electron chi connectivity index (χ2n) is 4.86. The van der Waals surface area contributed by atoms with Crippen molar-refractivity contribution in [1.29, 1.82) is 0 Å². The molecule has 1 fully saturated rings. The van der Waals surface area contributed by atoms with Crippen molar-refractivity contribution in [2.24, 2.45) is 5.92 Å². The Hall–Kier alpha value is -0.640. The molecule has 94 valence electrons. The number of halogens is 1. The van der Waals surface area contributed by atoms with Crippen LogP contribution in [0, 0.1) is 5.92 Å². The van der Waals surface area contributed by atoms with Gasteiger partial charge >= 0.3 is 0 Å². The molecule has 4 heteroatoms. The number of nitrogens with one attached hydrogen (secondary N) is 1. The van der Waals surface area contributed by atoms with E-state index in [9.17, 15) is 0 Å². The summed E-state index contributed by atoms with van der Waals surface area (Å²) >= 11 is 3.44. The van der Waals surface area contributed by atoms with Gasteiger partial charge in [0.25, 0.3) is 0 Å². The molecular weight excluding hydrogens is 278 g/mol. The molecule has 0 aliphatic heterocycles. The Bertz CT molecular complexity index is 381. The maximum absolute atomic E-state index is 4.53. The van der Waals surface area contributed by atoms with Crippen LogP contribution in [0.15, 0.2) is 10.7 Å². The van der Waals surface area contributed by atoms with E-state index >= 15 is 0 Å². The van der Waals surface area contributed by atoms with Crippen molar-refractivity contribution >= 4 is 21.7 Å². The van der Waals surface area contributed by atoms with Crippen molar-refractivity contribution in [2.75, 3.05) is 5.32 Å². The Kier molecular flexibility index (Phi) is 4.37. The van der Waals surface area contributed by atoms with E-state index in [1.807, 2.05) is 6.07 Å². The lowest BCUT2D eigenvalue weighted by Crippen LogP contribution is -2.30. The second kappa shape index (κ2) is 5.80. The fourth-order valence-corrected chi connectivity index (χ4v) is 2.84. The summed E-state index contributed by atoms with van der Waals surface area (Å²) in [6, 6.07) is 2.54. The van der Waals surface area contributed by atoms with Gasteiger partial charge in [0, 0.05) is 18.5 Å². The van der Waals surface area contributed by atoms with E-state index in [1.165, 1.54) is 25.7 Å². The molecule has 1 aliphatic carbocycles. The smallest absolute Gasteiger partial charge is 0.131 e. The number of rotatable bonds is 3. The van der Waals surface area contributed by atoms with Gasteiger partial charge in [0.05, 0.1) is 0 Å². The number of hydrogen-bond donors (Lipinski definition) is 1. The summed E-state index contributed by atoms with van der Waals surface area (Å²) in [5.41, 5.74) is 0. The molecule has 0 radical (unpaired) electrons. The van der Waals surface area contributed by atoms with Crippen molar-refractivity contribution in [1.82, 2.24) is 9.97 Å². The Balaban J connectivity index is 2.09. The second-order valence-corrected chi connectivity index (χ2v) is 5.67. The van der Waals surface area contributed by atoms with Crippen molar-refractivity contribution in [2.45, 2.75) is 52.0 Å². The quantitative estimate of drug-likeness (QED) is 0.863. The molecule has 0 spiro atoms. The van der Waals surface area contributed by atoms with Gasteiger partial charge in [-0.25, -0.2) is 9.97 Å². The fraction of sp³-hybridized carbons (Fsp3) is 0.692. The Morgan fingerprint density at radius 3 is 2.82 bits per heavy atom. The van der Waals surface area contributed by atoms with Gasteiger partial charge in [-0.2, -0.15) is 0 Å². The lowest BCUT2D eigenvalue weighted by atomic mass is 9.86. The number of nitrogens with zero attached hydrogens (tertiary/aromatic N) is 2. The molecule has 2 atom stereocenters.